The Balaban J connectivity index is 1.84. The molecular weight excluding hydrogens is 316 g/mol. The maximum atomic E-state index is 12.9. The van der Waals surface area contributed by atoms with Gasteiger partial charge in [0.1, 0.15) is 17.6 Å². The van der Waals surface area contributed by atoms with E-state index in [4.69, 9.17) is 4.42 Å². The molecule has 0 radical (unpaired) electrons. The van der Waals surface area contributed by atoms with Crippen molar-refractivity contribution in [1.29, 1.82) is 0 Å². The summed E-state index contributed by atoms with van der Waals surface area (Å²) in [6.07, 6.45) is 0.608. The van der Waals surface area contributed by atoms with Gasteiger partial charge < -0.3 is 14.4 Å². The van der Waals surface area contributed by atoms with Crippen molar-refractivity contribution in [3.63, 3.8) is 0 Å². The van der Waals surface area contributed by atoms with Crippen LogP contribution < -0.4 is 0 Å². The predicted octanol–water partition coefficient (Wildman–Crippen LogP) is 3.36. The van der Waals surface area contributed by atoms with Crippen molar-refractivity contribution in [2.45, 2.75) is 19.6 Å². The standard InChI is InChI=1S/C20H20N2O3/c1-15-7-5-10-17(21-15)20(24)22(13-16-8-3-2-4-9-16)14-18(23)19-11-6-12-25-19/h2-12,18,23H,13-14H2,1H3. The first-order valence-corrected chi connectivity index (χ1v) is 8.12. The Morgan fingerprint density at radius 3 is 2.60 bits per heavy atom. The fraction of sp³-hybridized carbons (Fsp3) is 0.200. The molecule has 5 heteroatoms. The minimum atomic E-state index is -0.896. The fourth-order valence-corrected chi connectivity index (χ4v) is 2.63. The zero-order chi connectivity index (χ0) is 17.6. The Kier molecular flexibility index (Phi) is 5.26. The lowest BCUT2D eigenvalue weighted by atomic mass is 10.1. The first kappa shape index (κ1) is 16.9. The van der Waals surface area contributed by atoms with Gasteiger partial charge >= 0.3 is 0 Å². The molecule has 3 aromatic rings. The lowest BCUT2D eigenvalue weighted by molar-refractivity contribution is 0.0558. The molecule has 1 atom stereocenters. The third-order valence-electron chi connectivity index (χ3n) is 3.88. The van der Waals surface area contributed by atoms with Crippen LogP contribution in [-0.2, 0) is 6.54 Å². The van der Waals surface area contributed by atoms with Crippen LogP contribution in [0.5, 0.6) is 0 Å². The summed E-state index contributed by atoms with van der Waals surface area (Å²) in [5, 5.41) is 10.4. The quantitative estimate of drug-likeness (QED) is 0.749. The average Bonchev–Trinajstić information content (AvgIpc) is 3.16. The van der Waals surface area contributed by atoms with Crippen LogP contribution in [0, 0.1) is 6.92 Å². The van der Waals surface area contributed by atoms with Gasteiger partial charge in [-0.2, -0.15) is 0 Å². The van der Waals surface area contributed by atoms with E-state index in [1.165, 1.54) is 6.26 Å². The molecule has 0 bridgehead atoms. The Morgan fingerprint density at radius 2 is 1.92 bits per heavy atom. The molecule has 1 aromatic carbocycles. The molecule has 1 N–H and O–H groups in total. The predicted molar refractivity (Wildman–Crippen MR) is 93.8 cm³/mol. The van der Waals surface area contributed by atoms with E-state index >= 15 is 0 Å². The second kappa shape index (κ2) is 7.77. The van der Waals surface area contributed by atoms with Crippen LogP contribution in [0.1, 0.15) is 33.6 Å². The average molecular weight is 336 g/mol. The van der Waals surface area contributed by atoms with Crippen LogP contribution in [0.2, 0.25) is 0 Å². The van der Waals surface area contributed by atoms with E-state index in [1.807, 2.05) is 43.3 Å². The van der Waals surface area contributed by atoms with Crippen LogP contribution in [0.15, 0.2) is 71.3 Å². The number of amides is 1. The van der Waals surface area contributed by atoms with Crippen molar-refractivity contribution in [2.24, 2.45) is 0 Å². The summed E-state index contributed by atoms with van der Waals surface area (Å²) in [5.74, 6) is 0.209. The number of aliphatic hydroxyl groups excluding tert-OH is 1. The molecule has 0 saturated heterocycles. The third kappa shape index (κ3) is 4.33. The Bertz CT molecular complexity index is 816. The molecular formula is C20H20N2O3. The minimum absolute atomic E-state index is 0.122. The second-order valence-electron chi connectivity index (χ2n) is 5.87. The molecule has 2 heterocycles. The van der Waals surface area contributed by atoms with Gasteiger partial charge in [0.25, 0.3) is 5.91 Å². The van der Waals surface area contributed by atoms with E-state index in [0.717, 1.165) is 11.3 Å². The van der Waals surface area contributed by atoms with Gasteiger partial charge in [-0.3, -0.25) is 4.79 Å². The van der Waals surface area contributed by atoms with Gasteiger partial charge in [0.2, 0.25) is 0 Å². The molecule has 0 spiro atoms. The molecule has 2 aromatic heterocycles. The zero-order valence-electron chi connectivity index (χ0n) is 14.0. The molecule has 1 amide bonds. The van der Waals surface area contributed by atoms with Gasteiger partial charge in [-0.05, 0) is 36.8 Å². The zero-order valence-corrected chi connectivity index (χ0v) is 14.0. The van der Waals surface area contributed by atoms with E-state index < -0.39 is 6.10 Å². The van der Waals surface area contributed by atoms with Gasteiger partial charge in [-0.1, -0.05) is 36.4 Å². The summed E-state index contributed by atoms with van der Waals surface area (Å²) in [6, 6.07) is 18.4. The molecule has 5 nitrogen and oxygen atoms in total. The summed E-state index contributed by atoms with van der Waals surface area (Å²) in [6.45, 7) is 2.35. The van der Waals surface area contributed by atoms with Crippen LogP contribution in [0.3, 0.4) is 0 Å². The number of furan rings is 1. The molecule has 25 heavy (non-hydrogen) atoms. The van der Waals surface area contributed by atoms with Crippen molar-refractivity contribution < 1.29 is 14.3 Å². The number of hydrogen-bond acceptors (Lipinski definition) is 4. The van der Waals surface area contributed by atoms with Crippen LogP contribution in [0.4, 0.5) is 0 Å². The Labute approximate surface area is 146 Å². The number of hydrogen-bond donors (Lipinski definition) is 1. The lowest BCUT2D eigenvalue weighted by Crippen LogP contribution is -2.34. The largest absolute Gasteiger partial charge is 0.467 e. The molecule has 1 unspecified atom stereocenters. The van der Waals surface area contributed by atoms with E-state index in [-0.39, 0.29) is 12.5 Å². The highest BCUT2D eigenvalue weighted by Gasteiger charge is 2.22. The van der Waals surface area contributed by atoms with Gasteiger partial charge in [0.15, 0.2) is 0 Å². The first-order chi connectivity index (χ1) is 12.1. The Hall–Kier alpha value is -2.92. The summed E-state index contributed by atoms with van der Waals surface area (Å²) < 4.78 is 5.25. The molecule has 0 aliphatic rings. The number of aryl methyl sites for hydroxylation is 1. The molecule has 0 aliphatic carbocycles. The first-order valence-electron chi connectivity index (χ1n) is 8.12. The SMILES string of the molecule is Cc1cccc(C(=O)N(Cc2ccccc2)CC(O)c2ccco2)n1. The summed E-state index contributed by atoms with van der Waals surface area (Å²) >= 11 is 0. The smallest absolute Gasteiger partial charge is 0.272 e. The van der Waals surface area contributed by atoms with Crippen molar-refractivity contribution in [2.75, 3.05) is 6.54 Å². The number of rotatable bonds is 6. The van der Waals surface area contributed by atoms with Crippen molar-refractivity contribution in [1.82, 2.24) is 9.88 Å². The second-order valence-corrected chi connectivity index (χ2v) is 5.87. The number of carbonyl (C=O) groups excluding carboxylic acids is 1. The Morgan fingerprint density at radius 1 is 1.12 bits per heavy atom. The molecule has 3 rings (SSSR count). The fourth-order valence-electron chi connectivity index (χ4n) is 2.63. The summed E-state index contributed by atoms with van der Waals surface area (Å²) in [5.41, 5.74) is 2.12. The minimum Gasteiger partial charge on any atom is -0.467 e. The topological polar surface area (TPSA) is 66.6 Å². The highest BCUT2D eigenvalue weighted by atomic mass is 16.4. The van der Waals surface area contributed by atoms with Crippen molar-refractivity contribution >= 4 is 5.91 Å². The van der Waals surface area contributed by atoms with E-state index in [2.05, 4.69) is 4.98 Å². The number of aromatic nitrogens is 1. The molecule has 0 saturated carbocycles. The monoisotopic (exact) mass is 336 g/mol. The third-order valence-corrected chi connectivity index (χ3v) is 3.88. The van der Waals surface area contributed by atoms with Crippen molar-refractivity contribution in [3.05, 3.63) is 89.6 Å². The van der Waals surface area contributed by atoms with Crippen LogP contribution >= 0.6 is 0 Å². The number of aliphatic hydroxyl groups is 1. The molecule has 128 valence electrons. The van der Waals surface area contributed by atoms with Gasteiger partial charge in [0.05, 0.1) is 12.8 Å². The van der Waals surface area contributed by atoms with Crippen LogP contribution in [0.25, 0.3) is 0 Å². The van der Waals surface area contributed by atoms with E-state index in [1.54, 1.807) is 29.2 Å². The van der Waals surface area contributed by atoms with Gasteiger partial charge in [-0.15, -0.1) is 0 Å². The van der Waals surface area contributed by atoms with Gasteiger partial charge in [0, 0.05) is 12.2 Å². The van der Waals surface area contributed by atoms with E-state index in [9.17, 15) is 9.90 Å². The van der Waals surface area contributed by atoms with E-state index in [0.29, 0.717) is 18.0 Å². The number of benzene rings is 1. The van der Waals surface area contributed by atoms with Crippen LogP contribution in [-0.4, -0.2) is 27.4 Å². The molecule has 0 fully saturated rings. The number of carbonyl (C=O) groups is 1. The highest BCUT2D eigenvalue weighted by molar-refractivity contribution is 5.92. The number of pyridine rings is 1. The number of nitrogens with zero attached hydrogens (tertiary/aromatic N) is 2. The maximum Gasteiger partial charge on any atom is 0.272 e. The maximum absolute atomic E-state index is 12.9. The summed E-state index contributed by atoms with van der Waals surface area (Å²) in [4.78, 5) is 18.8. The lowest BCUT2D eigenvalue weighted by Gasteiger charge is -2.24. The summed E-state index contributed by atoms with van der Waals surface area (Å²) in [7, 11) is 0. The van der Waals surface area contributed by atoms with Crippen molar-refractivity contribution in [3.8, 4) is 0 Å². The van der Waals surface area contributed by atoms with Gasteiger partial charge in [-0.25, -0.2) is 4.98 Å². The highest BCUT2D eigenvalue weighted by Crippen LogP contribution is 2.18. The normalized spacial score (nSPS) is 11.9. The molecule has 0 aliphatic heterocycles.